The van der Waals surface area contributed by atoms with Crippen LogP contribution in [0.4, 0.5) is 4.79 Å². The topological polar surface area (TPSA) is 125 Å². The van der Waals surface area contributed by atoms with Gasteiger partial charge in [0, 0.05) is 13.1 Å². The first-order chi connectivity index (χ1) is 8.76. The third kappa shape index (κ3) is 10.3. The second-order valence-electron chi connectivity index (χ2n) is 4.10. The van der Waals surface area contributed by atoms with E-state index in [4.69, 9.17) is 5.11 Å². The summed E-state index contributed by atoms with van der Waals surface area (Å²) in [7, 11) is -3.29. The first-order valence-corrected chi connectivity index (χ1v) is 7.87. The van der Waals surface area contributed by atoms with Crippen molar-refractivity contribution in [3.05, 3.63) is 0 Å². The van der Waals surface area contributed by atoms with Crippen molar-refractivity contribution in [2.45, 2.75) is 32.2 Å². The predicted octanol–water partition coefficient (Wildman–Crippen LogP) is -0.522. The molecule has 0 rings (SSSR count). The maximum atomic E-state index is 11.4. The fourth-order valence-electron chi connectivity index (χ4n) is 1.29. The van der Waals surface area contributed by atoms with Crippen LogP contribution in [0.2, 0.25) is 0 Å². The average molecular weight is 295 g/mol. The SMILES string of the molecule is CCCCC(NC(=O)NCCNS(C)(=O)=O)C(=O)O. The summed E-state index contributed by atoms with van der Waals surface area (Å²) in [4.78, 5) is 22.3. The van der Waals surface area contributed by atoms with Crippen LogP contribution in [0.3, 0.4) is 0 Å². The number of hydrogen-bond acceptors (Lipinski definition) is 4. The molecule has 8 nitrogen and oxygen atoms in total. The minimum Gasteiger partial charge on any atom is -0.480 e. The second kappa shape index (κ2) is 8.70. The maximum Gasteiger partial charge on any atom is 0.326 e. The van der Waals surface area contributed by atoms with E-state index in [1.54, 1.807) is 0 Å². The van der Waals surface area contributed by atoms with Crippen LogP contribution in [0.1, 0.15) is 26.2 Å². The lowest BCUT2D eigenvalue weighted by atomic mass is 10.1. The third-order valence-electron chi connectivity index (χ3n) is 2.22. The second-order valence-corrected chi connectivity index (χ2v) is 5.93. The van der Waals surface area contributed by atoms with Crippen LogP contribution in [0.25, 0.3) is 0 Å². The lowest BCUT2D eigenvalue weighted by Gasteiger charge is -2.14. The number of carbonyl (C=O) groups is 2. The van der Waals surface area contributed by atoms with E-state index in [0.717, 1.165) is 12.7 Å². The molecule has 1 unspecified atom stereocenters. The van der Waals surface area contributed by atoms with E-state index in [2.05, 4.69) is 15.4 Å². The molecule has 0 saturated carbocycles. The molecule has 9 heteroatoms. The van der Waals surface area contributed by atoms with Crippen molar-refractivity contribution in [1.82, 2.24) is 15.4 Å². The highest BCUT2D eigenvalue weighted by atomic mass is 32.2. The largest absolute Gasteiger partial charge is 0.480 e. The molecule has 0 spiro atoms. The molecule has 0 saturated heterocycles. The van der Waals surface area contributed by atoms with Crippen LogP contribution in [0.15, 0.2) is 0 Å². The number of carboxylic acids is 1. The van der Waals surface area contributed by atoms with E-state index < -0.39 is 28.1 Å². The van der Waals surface area contributed by atoms with Gasteiger partial charge in [0.25, 0.3) is 0 Å². The fourth-order valence-corrected chi connectivity index (χ4v) is 1.76. The minimum absolute atomic E-state index is 0.0545. The highest BCUT2D eigenvalue weighted by molar-refractivity contribution is 7.88. The summed E-state index contributed by atoms with van der Waals surface area (Å²) in [6.45, 7) is 2.06. The van der Waals surface area contributed by atoms with Crippen LogP contribution >= 0.6 is 0 Å². The molecule has 1 atom stereocenters. The van der Waals surface area contributed by atoms with E-state index >= 15 is 0 Å². The molecular formula is C10H21N3O5S. The van der Waals surface area contributed by atoms with Gasteiger partial charge in [0.05, 0.1) is 6.26 Å². The first kappa shape index (κ1) is 17.6. The van der Waals surface area contributed by atoms with Gasteiger partial charge >= 0.3 is 12.0 Å². The number of aliphatic carboxylic acids is 1. The molecule has 0 bridgehead atoms. The number of nitrogens with one attached hydrogen (secondary N) is 3. The molecule has 0 aromatic carbocycles. The molecule has 0 aliphatic rings. The zero-order valence-electron chi connectivity index (χ0n) is 11.1. The molecule has 2 amide bonds. The molecule has 4 N–H and O–H groups in total. The summed E-state index contributed by atoms with van der Waals surface area (Å²) in [6, 6.07) is -1.55. The van der Waals surface area contributed by atoms with Gasteiger partial charge in [-0.1, -0.05) is 19.8 Å². The van der Waals surface area contributed by atoms with Crippen molar-refractivity contribution in [3.63, 3.8) is 0 Å². The van der Waals surface area contributed by atoms with Gasteiger partial charge in [0.2, 0.25) is 10.0 Å². The molecule has 0 aliphatic heterocycles. The zero-order valence-corrected chi connectivity index (χ0v) is 11.9. The summed E-state index contributed by atoms with van der Waals surface area (Å²) in [5.74, 6) is -1.09. The molecule has 0 heterocycles. The zero-order chi connectivity index (χ0) is 14.9. The molecule has 0 aromatic heterocycles. The lowest BCUT2D eigenvalue weighted by molar-refractivity contribution is -0.139. The van der Waals surface area contributed by atoms with Crippen molar-refractivity contribution in [2.24, 2.45) is 0 Å². The van der Waals surface area contributed by atoms with Crippen LogP contribution in [-0.2, 0) is 14.8 Å². The Kier molecular flexibility index (Phi) is 8.08. The van der Waals surface area contributed by atoms with Crippen LogP contribution in [0, 0.1) is 0 Å². The molecule has 0 aromatic rings. The number of rotatable bonds is 9. The van der Waals surface area contributed by atoms with Gasteiger partial charge in [-0.05, 0) is 6.42 Å². The average Bonchev–Trinajstić information content (AvgIpc) is 2.28. The highest BCUT2D eigenvalue weighted by Crippen LogP contribution is 2.00. The number of urea groups is 1. The van der Waals surface area contributed by atoms with E-state index in [1.165, 1.54) is 0 Å². The maximum absolute atomic E-state index is 11.4. The molecule has 19 heavy (non-hydrogen) atoms. The Hall–Kier alpha value is -1.35. The number of amides is 2. The monoisotopic (exact) mass is 295 g/mol. The fraction of sp³-hybridized carbons (Fsp3) is 0.800. The van der Waals surface area contributed by atoms with Crippen LogP contribution in [-0.4, -0.2) is 50.9 Å². The van der Waals surface area contributed by atoms with Crippen molar-refractivity contribution >= 4 is 22.0 Å². The van der Waals surface area contributed by atoms with Gasteiger partial charge in [0.1, 0.15) is 6.04 Å². The normalized spacial score (nSPS) is 12.7. The third-order valence-corrected chi connectivity index (χ3v) is 2.95. The van der Waals surface area contributed by atoms with E-state index in [1.807, 2.05) is 6.92 Å². The summed E-state index contributed by atoms with van der Waals surface area (Å²) < 4.78 is 23.7. The Morgan fingerprint density at radius 1 is 1.26 bits per heavy atom. The van der Waals surface area contributed by atoms with Gasteiger partial charge in [0.15, 0.2) is 0 Å². The quantitative estimate of drug-likeness (QED) is 0.426. The van der Waals surface area contributed by atoms with Gasteiger partial charge in [-0.25, -0.2) is 22.7 Å². The van der Waals surface area contributed by atoms with Gasteiger partial charge in [-0.15, -0.1) is 0 Å². The Labute approximate surface area is 113 Å². The molecule has 0 aliphatic carbocycles. The summed E-state index contributed by atoms with van der Waals surface area (Å²) in [5, 5.41) is 13.6. The minimum atomic E-state index is -3.29. The smallest absolute Gasteiger partial charge is 0.326 e. The van der Waals surface area contributed by atoms with Crippen molar-refractivity contribution in [1.29, 1.82) is 0 Å². The Morgan fingerprint density at radius 2 is 1.89 bits per heavy atom. The summed E-state index contributed by atoms with van der Waals surface area (Å²) in [5.41, 5.74) is 0. The van der Waals surface area contributed by atoms with Crippen molar-refractivity contribution < 1.29 is 23.1 Å². The van der Waals surface area contributed by atoms with E-state index in [-0.39, 0.29) is 13.1 Å². The van der Waals surface area contributed by atoms with Crippen molar-refractivity contribution in [3.8, 4) is 0 Å². The highest BCUT2D eigenvalue weighted by Gasteiger charge is 2.18. The van der Waals surface area contributed by atoms with Gasteiger partial charge in [-0.3, -0.25) is 0 Å². The number of unbranched alkanes of at least 4 members (excludes halogenated alkanes) is 1. The number of sulfonamides is 1. The Balaban J connectivity index is 3.96. The number of hydrogen-bond donors (Lipinski definition) is 4. The number of carboxylic acid groups (broad SMARTS) is 1. The molecule has 0 fully saturated rings. The van der Waals surface area contributed by atoms with E-state index in [9.17, 15) is 18.0 Å². The summed E-state index contributed by atoms with van der Waals surface area (Å²) in [6.07, 6.45) is 2.91. The summed E-state index contributed by atoms with van der Waals surface area (Å²) >= 11 is 0. The van der Waals surface area contributed by atoms with Crippen LogP contribution in [0.5, 0.6) is 0 Å². The Morgan fingerprint density at radius 3 is 2.37 bits per heavy atom. The predicted molar refractivity (Wildman–Crippen MR) is 70.3 cm³/mol. The van der Waals surface area contributed by atoms with Gasteiger partial charge < -0.3 is 15.7 Å². The van der Waals surface area contributed by atoms with E-state index in [0.29, 0.717) is 12.8 Å². The molecular weight excluding hydrogens is 274 g/mol. The standard InChI is InChI=1S/C10H21N3O5S/c1-3-4-5-8(9(14)15)13-10(16)11-6-7-12-19(2,17)18/h8,12H,3-7H2,1-2H3,(H,14,15)(H2,11,13,16). The van der Waals surface area contributed by atoms with Crippen molar-refractivity contribution in [2.75, 3.05) is 19.3 Å². The molecule has 112 valence electrons. The Bertz CT molecular complexity index is 396. The lowest BCUT2D eigenvalue weighted by Crippen LogP contribution is -2.47. The molecule has 0 radical (unpaired) electrons. The van der Waals surface area contributed by atoms with Gasteiger partial charge in [-0.2, -0.15) is 0 Å². The number of carbonyl (C=O) groups excluding carboxylic acids is 1. The van der Waals surface area contributed by atoms with Crippen LogP contribution < -0.4 is 15.4 Å². The first-order valence-electron chi connectivity index (χ1n) is 5.98.